The molecule has 2 aromatic heterocycles. The van der Waals surface area contributed by atoms with Crippen molar-refractivity contribution >= 4 is 33.3 Å². The molecule has 1 aliphatic rings. The Morgan fingerprint density at radius 2 is 2.07 bits per heavy atom. The number of nitrogens with one attached hydrogen (secondary N) is 3. The third kappa shape index (κ3) is 2.84. The average molecular weight is 392 g/mol. The molecule has 8 heteroatoms. The molecule has 0 spiro atoms. The van der Waals surface area contributed by atoms with Gasteiger partial charge in [0.2, 0.25) is 0 Å². The molecule has 1 fully saturated rings. The zero-order valence-electron chi connectivity index (χ0n) is 15.9. The highest BCUT2D eigenvalue weighted by Gasteiger charge is 2.21. The molecule has 0 amide bonds. The van der Waals surface area contributed by atoms with E-state index in [1.54, 1.807) is 6.07 Å². The van der Waals surface area contributed by atoms with Gasteiger partial charge in [-0.2, -0.15) is 0 Å². The molecular formula is C21H21FN6O. The molecular weight excluding hydrogens is 371 g/mol. The largest absolute Gasteiger partial charge is 0.397 e. The van der Waals surface area contributed by atoms with Gasteiger partial charge in [0, 0.05) is 31.4 Å². The molecule has 5 rings (SSSR count). The van der Waals surface area contributed by atoms with Crippen molar-refractivity contribution in [1.82, 2.24) is 20.3 Å². The third-order valence-electron chi connectivity index (χ3n) is 5.56. The molecule has 7 nitrogen and oxygen atoms in total. The Hall–Kier alpha value is -3.39. The number of imidazole rings is 1. The van der Waals surface area contributed by atoms with Crippen molar-refractivity contribution in [2.75, 3.05) is 30.3 Å². The first-order valence-corrected chi connectivity index (χ1v) is 9.60. The number of rotatable bonds is 2. The second-order valence-corrected chi connectivity index (χ2v) is 7.44. The summed E-state index contributed by atoms with van der Waals surface area (Å²) in [6.07, 6.45) is 0. The van der Waals surface area contributed by atoms with Gasteiger partial charge < -0.3 is 25.9 Å². The number of H-pyrrole nitrogens is 2. The second kappa shape index (κ2) is 6.59. The van der Waals surface area contributed by atoms with Gasteiger partial charge in [0.1, 0.15) is 17.2 Å². The molecule has 3 heterocycles. The predicted octanol–water partition coefficient (Wildman–Crippen LogP) is 2.59. The maximum absolute atomic E-state index is 14.3. The first kappa shape index (κ1) is 17.7. The van der Waals surface area contributed by atoms with Crippen LogP contribution in [-0.2, 0) is 0 Å². The summed E-state index contributed by atoms with van der Waals surface area (Å²) in [5.41, 5.74) is 8.99. The van der Waals surface area contributed by atoms with Gasteiger partial charge in [-0.15, -0.1) is 0 Å². The van der Waals surface area contributed by atoms with Crippen LogP contribution >= 0.6 is 0 Å². The molecule has 0 bridgehead atoms. The van der Waals surface area contributed by atoms with Crippen molar-refractivity contribution in [3.8, 4) is 11.4 Å². The monoisotopic (exact) mass is 392 g/mol. The van der Waals surface area contributed by atoms with E-state index in [1.807, 2.05) is 18.2 Å². The maximum atomic E-state index is 14.3. The number of nitrogen functional groups attached to an aromatic ring is 1. The maximum Gasteiger partial charge on any atom is 0.261 e. The zero-order valence-corrected chi connectivity index (χ0v) is 15.9. The summed E-state index contributed by atoms with van der Waals surface area (Å²) in [6, 6.07) is 10.8. The number of benzene rings is 2. The highest BCUT2D eigenvalue weighted by atomic mass is 19.1. The van der Waals surface area contributed by atoms with Gasteiger partial charge in [-0.25, -0.2) is 9.37 Å². The molecule has 5 N–H and O–H groups in total. The Bertz CT molecular complexity index is 1290. The smallest absolute Gasteiger partial charge is 0.261 e. The Balaban J connectivity index is 1.64. The van der Waals surface area contributed by atoms with E-state index in [-0.39, 0.29) is 16.6 Å². The normalized spacial score (nSPS) is 17.3. The number of aromatic nitrogens is 3. The average Bonchev–Trinajstić information content (AvgIpc) is 3.10. The van der Waals surface area contributed by atoms with Crippen LogP contribution in [-0.4, -0.2) is 40.6 Å². The summed E-state index contributed by atoms with van der Waals surface area (Å²) in [5, 5.41) is 3.57. The number of aromatic amines is 2. The topological polar surface area (TPSA) is 103 Å². The summed E-state index contributed by atoms with van der Waals surface area (Å²) in [6.45, 7) is 4.96. The Kier molecular flexibility index (Phi) is 4.02. The lowest BCUT2D eigenvalue weighted by atomic mass is 10.1. The zero-order chi connectivity index (χ0) is 20.1. The molecule has 29 heavy (non-hydrogen) atoms. The van der Waals surface area contributed by atoms with Crippen molar-refractivity contribution < 1.29 is 4.39 Å². The van der Waals surface area contributed by atoms with Crippen LogP contribution < -0.4 is 21.5 Å². The van der Waals surface area contributed by atoms with Crippen molar-refractivity contribution in [3.63, 3.8) is 0 Å². The van der Waals surface area contributed by atoms with Crippen molar-refractivity contribution in [2.45, 2.75) is 13.0 Å². The van der Waals surface area contributed by atoms with Crippen LogP contribution in [0, 0.1) is 5.82 Å². The first-order chi connectivity index (χ1) is 14.0. The SMILES string of the molecule is C[C@@H]1CNCCN1c1ccc2[nH]c(-c3c(N)c4c(F)cccc4[nH]c3=O)nc2c1. The minimum Gasteiger partial charge on any atom is -0.397 e. The third-order valence-corrected chi connectivity index (χ3v) is 5.56. The fourth-order valence-electron chi connectivity index (χ4n) is 4.09. The highest BCUT2D eigenvalue weighted by molar-refractivity contribution is 5.98. The van der Waals surface area contributed by atoms with Gasteiger partial charge in [0.25, 0.3) is 5.56 Å². The van der Waals surface area contributed by atoms with Crippen LogP contribution in [0.15, 0.2) is 41.2 Å². The van der Waals surface area contributed by atoms with E-state index < -0.39 is 11.4 Å². The Morgan fingerprint density at radius 3 is 2.90 bits per heavy atom. The van der Waals surface area contributed by atoms with Gasteiger partial charge in [-0.3, -0.25) is 4.79 Å². The van der Waals surface area contributed by atoms with Gasteiger partial charge in [-0.05, 0) is 37.3 Å². The number of halogens is 1. The number of anilines is 2. The summed E-state index contributed by atoms with van der Waals surface area (Å²) >= 11 is 0. The van der Waals surface area contributed by atoms with Crippen LogP contribution in [0.4, 0.5) is 15.8 Å². The van der Waals surface area contributed by atoms with E-state index in [1.165, 1.54) is 12.1 Å². The fraction of sp³-hybridized carbons (Fsp3) is 0.238. The molecule has 1 aliphatic heterocycles. The first-order valence-electron chi connectivity index (χ1n) is 9.60. The molecule has 1 saturated heterocycles. The van der Waals surface area contributed by atoms with Gasteiger partial charge >= 0.3 is 0 Å². The van der Waals surface area contributed by atoms with Gasteiger partial charge in [0.05, 0.1) is 27.6 Å². The minimum atomic E-state index is -0.483. The number of hydrogen-bond donors (Lipinski definition) is 4. The number of pyridine rings is 1. The lowest BCUT2D eigenvalue weighted by Gasteiger charge is -2.35. The van der Waals surface area contributed by atoms with Gasteiger partial charge in [-0.1, -0.05) is 6.07 Å². The van der Waals surface area contributed by atoms with Crippen LogP contribution in [0.2, 0.25) is 0 Å². The molecule has 0 unspecified atom stereocenters. The summed E-state index contributed by atoms with van der Waals surface area (Å²) in [7, 11) is 0. The molecule has 1 atom stereocenters. The standard InChI is InChI=1S/C21H21FN6O/c1-11-10-24-7-8-28(11)12-5-6-14-16(9-12)26-20(25-14)18-19(23)17-13(22)3-2-4-15(17)27-21(18)29/h2-6,9,11,24H,7-8,10H2,1H3,(H,25,26)(H3,23,27,29)/t11-/m1/s1. The Morgan fingerprint density at radius 1 is 1.21 bits per heavy atom. The number of nitrogens with two attached hydrogens (primary N) is 1. The van der Waals surface area contributed by atoms with E-state index in [4.69, 9.17) is 5.73 Å². The van der Waals surface area contributed by atoms with Crippen LogP contribution in [0.1, 0.15) is 6.92 Å². The van der Waals surface area contributed by atoms with E-state index >= 15 is 0 Å². The minimum absolute atomic E-state index is 0.0804. The van der Waals surface area contributed by atoms with Gasteiger partial charge in [0.15, 0.2) is 0 Å². The number of piperazine rings is 1. The lowest BCUT2D eigenvalue weighted by Crippen LogP contribution is -2.49. The summed E-state index contributed by atoms with van der Waals surface area (Å²) in [5.74, 6) is -0.155. The number of nitrogens with zero attached hydrogens (tertiary/aromatic N) is 2. The highest BCUT2D eigenvalue weighted by Crippen LogP contribution is 2.31. The lowest BCUT2D eigenvalue weighted by molar-refractivity contribution is 0.501. The summed E-state index contributed by atoms with van der Waals surface area (Å²) < 4.78 is 14.3. The quantitative estimate of drug-likeness (QED) is 0.420. The van der Waals surface area contributed by atoms with E-state index in [0.29, 0.717) is 17.4 Å². The van der Waals surface area contributed by atoms with Crippen LogP contribution in [0.5, 0.6) is 0 Å². The molecule has 0 radical (unpaired) electrons. The van der Waals surface area contributed by atoms with Crippen molar-refractivity contribution in [1.29, 1.82) is 0 Å². The molecule has 0 saturated carbocycles. The van der Waals surface area contributed by atoms with Crippen LogP contribution in [0.25, 0.3) is 33.3 Å². The fourth-order valence-corrected chi connectivity index (χ4v) is 4.09. The second-order valence-electron chi connectivity index (χ2n) is 7.44. The molecule has 148 valence electrons. The van der Waals surface area contributed by atoms with E-state index in [0.717, 1.165) is 36.4 Å². The Labute approximate surface area is 165 Å². The number of fused-ring (bicyclic) bond motifs is 2. The molecule has 0 aliphatic carbocycles. The predicted molar refractivity (Wildman–Crippen MR) is 114 cm³/mol. The van der Waals surface area contributed by atoms with Crippen molar-refractivity contribution in [3.05, 3.63) is 52.6 Å². The molecule has 2 aromatic carbocycles. The van der Waals surface area contributed by atoms with Crippen LogP contribution in [0.3, 0.4) is 0 Å². The van der Waals surface area contributed by atoms with E-state index in [9.17, 15) is 9.18 Å². The summed E-state index contributed by atoms with van der Waals surface area (Å²) in [4.78, 5) is 25.5. The number of hydrogen-bond acceptors (Lipinski definition) is 5. The van der Waals surface area contributed by atoms with E-state index in [2.05, 4.69) is 32.1 Å². The molecule has 4 aromatic rings. The van der Waals surface area contributed by atoms with Crippen molar-refractivity contribution in [2.24, 2.45) is 0 Å².